The summed E-state index contributed by atoms with van der Waals surface area (Å²) in [7, 11) is 0. The zero-order valence-corrected chi connectivity index (χ0v) is 6.60. The minimum atomic E-state index is -1.01. The second-order valence-electron chi connectivity index (χ2n) is 2.26. The molecule has 6 nitrogen and oxygen atoms in total. The molecule has 0 amide bonds. The highest BCUT2D eigenvalue weighted by atomic mass is 16.4. The minimum absolute atomic E-state index is 0.0642. The largest absolute Gasteiger partial charge is 0.481 e. The van der Waals surface area contributed by atoms with Crippen LogP contribution in [0.2, 0.25) is 0 Å². The third-order valence-electron chi connectivity index (χ3n) is 1.29. The number of aliphatic carboxylic acids is 1. The molecule has 12 heavy (non-hydrogen) atoms. The Morgan fingerprint density at radius 2 is 2.25 bits per heavy atom. The van der Waals surface area contributed by atoms with E-state index in [4.69, 9.17) is 10.6 Å². The lowest BCUT2D eigenvalue weighted by atomic mass is 10.1. The topological polar surface area (TPSA) is 103 Å². The maximum atomic E-state index is 10.7. The van der Waals surface area contributed by atoms with E-state index in [9.17, 15) is 9.59 Å². The molecule has 0 aliphatic heterocycles. The van der Waals surface area contributed by atoms with Gasteiger partial charge < -0.3 is 5.11 Å². The van der Waals surface area contributed by atoms with Crippen LogP contribution in [0.5, 0.6) is 0 Å². The molecule has 0 rings (SSSR count). The first kappa shape index (κ1) is 10.4. The highest BCUT2D eigenvalue weighted by molar-refractivity contribution is 5.82. The fourth-order valence-electron chi connectivity index (χ4n) is 0.665. The standard InChI is InChI=1S/C6H9N3O3/c1-4(10)5(8-9-7)2-3-6(11)12/h5H,2-3H2,1H3,(H,11,12)/t5-/m0/s1. The van der Waals surface area contributed by atoms with Gasteiger partial charge in [0.05, 0.1) is 6.04 Å². The summed E-state index contributed by atoms with van der Waals surface area (Å²) in [6, 6.07) is -0.842. The third kappa shape index (κ3) is 4.29. The van der Waals surface area contributed by atoms with Gasteiger partial charge in [0.15, 0.2) is 0 Å². The number of carboxylic acid groups (broad SMARTS) is 1. The fraction of sp³-hybridized carbons (Fsp3) is 0.667. The quantitative estimate of drug-likeness (QED) is 0.380. The van der Waals surface area contributed by atoms with Gasteiger partial charge >= 0.3 is 5.97 Å². The Hall–Kier alpha value is -1.55. The van der Waals surface area contributed by atoms with Gasteiger partial charge in [0, 0.05) is 11.3 Å². The van der Waals surface area contributed by atoms with Crippen molar-refractivity contribution in [3.63, 3.8) is 0 Å². The molecule has 0 bridgehead atoms. The highest BCUT2D eigenvalue weighted by Gasteiger charge is 2.13. The lowest BCUT2D eigenvalue weighted by Crippen LogP contribution is -2.15. The van der Waals surface area contributed by atoms with E-state index in [1.807, 2.05) is 0 Å². The molecule has 1 N–H and O–H groups in total. The van der Waals surface area contributed by atoms with Crippen LogP contribution in [0, 0.1) is 0 Å². The molecule has 0 saturated carbocycles. The summed E-state index contributed by atoms with van der Waals surface area (Å²) in [6.45, 7) is 1.27. The number of hydrogen-bond acceptors (Lipinski definition) is 3. The molecule has 0 radical (unpaired) electrons. The summed E-state index contributed by atoms with van der Waals surface area (Å²) < 4.78 is 0. The summed E-state index contributed by atoms with van der Waals surface area (Å²) in [5, 5.41) is 11.4. The zero-order valence-electron chi connectivity index (χ0n) is 6.60. The molecule has 0 aromatic carbocycles. The SMILES string of the molecule is CC(=O)[C@H](CCC(=O)O)N=[N+]=[N-]. The Labute approximate surface area is 68.8 Å². The van der Waals surface area contributed by atoms with Gasteiger partial charge in [-0.15, -0.1) is 0 Å². The van der Waals surface area contributed by atoms with Crippen LogP contribution in [0.1, 0.15) is 19.8 Å². The molecular weight excluding hydrogens is 162 g/mol. The number of rotatable bonds is 5. The predicted molar refractivity (Wildman–Crippen MR) is 40.5 cm³/mol. The molecule has 0 spiro atoms. The molecule has 0 aromatic rings. The van der Waals surface area contributed by atoms with Crippen LogP contribution < -0.4 is 0 Å². The van der Waals surface area contributed by atoms with Crippen molar-refractivity contribution in [3.8, 4) is 0 Å². The normalized spacial score (nSPS) is 11.4. The van der Waals surface area contributed by atoms with E-state index in [-0.39, 0.29) is 18.6 Å². The number of carboxylic acids is 1. The summed E-state index contributed by atoms with van der Waals surface area (Å²) in [5.74, 6) is -1.32. The summed E-state index contributed by atoms with van der Waals surface area (Å²) in [6.07, 6.45) is -0.0992. The highest BCUT2D eigenvalue weighted by Crippen LogP contribution is 2.03. The Kier molecular flexibility index (Phi) is 4.48. The van der Waals surface area contributed by atoms with Crippen LogP contribution >= 0.6 is 0 Å². The second-order valence-corrected chi connectivity index (χ2v) is 2.26. The van der Waals surface area contributed by atoms with Crippen molar-refractivity contribution in [3.05, 3.63) is 10.4 Å². The van der Waals surface area contributed by atoms with Crippen LogP contribution in [0.15, 0.2) is 5.11 Å². The lowest BCUT2D eigenvalue weighted by Gasteiger charge is -2.02. The van der Waals surface area contributed by atoms with Gasteiger partial charge in [-0.05, 0) is 18.9 Å². The molecule has 6 heteroatoms. The van der Waals surface area contributed by atoms with Crippen LogP contribution in [-0.4, -0.2) is 22.9 Å². The number of nitrogens with zero attached hydrogens (tertiary/aromatic N) is 3. The van der Waals surface area contributed by atoms with Gasteiger partial charge in [0.1, 0.15) is 5.78 Å². The van der Waals surface area contributed by atoms with Crippen molar-refractivity contribution in [1.82, 2.24) is 0 Å². The van der Waals surface area contributed by atoms with E-state index in [0.717, 1.165) is 0 Å². The van der Waals surface area contributed by atoms with E-state index < -0.39 is 12.0 Å². The van der Waals surface area contributed by atoms with Crippen molar-refractivity contribution < 1.29 is 14.7 Å². The number of Topliss-reactive ketones (excluding diaryl/α,β-unsaturated/α-hetero) is 1. The van der Waals surface area contributed by atoms with E-state index >= 15 is 0 Å². The Morgan fingerprint density at radius 3 is 2.58 bits per heavy atom. The third-order valence-corrected chi connectivity index (χ3v) is 1.29. The molecule has 0 aliphatic carbocycles. The van der Waals surface area contributed by atoms with Crippen LogP contribution in [0.3, 0.4) is 0 Å². The van der Waals surface area contributed by atoms with Crippen molar-refractivity contribution in [2.75, 3.05) is 0 Å². The second kappa shape index (κ2) is 5.15. The van der Waals surface area contributed by atoms with Crippen molar-refractivity contribution in [2.45, 2.75) is 25.8 Å². The van der Waals surface area contributed by atoms with E-state index in [0.29, 0.717) is 0 Å². The van der Waals surface area contributed by atoms with Gasteiger partial charge in [0.2, 0.25) is 0 Å². The number of carbonyl (C=O) groups is 2. The average molecular weight is 171 g/mol. The molecule has 0 aromatic heterocycles. The molecule has 1 atom stereocenters. The van der Waals surface area contributed by atoms with Gasteiger partial charge in [-0.3, -0.25) is 9.59 Å². The maximum absolute atomic E-state index is 10.7. The van der Waals surface area contributed by atoms with Crippen molar-refractivity contribution in [2.24, 2.45) is 5.11 Å². The molecule has 66 valence electrons. The number of carbonyl (C=O) groups excluding carboxylic acids is 1. The molecule has 0 heterocycles. The zero-order chi connectivity index (χ0) is 9.56. The van der Waals surface area contributed by atoms with E-state index in [1.165, 1.54) is 6.92 Å². The van der Waals surface area contributed by atoms with Crippen molar-refractivity contribution in [1.29, 1.82) is 0 Å². The summed E-state index contributed by atoms with van der Waals surface area (Å²) >= 11 is 0. The molecule has 0 unspecified atom stereocenters. The van der Waals surface area contributed by atoms with Crippen LogP contribution in [-0.2, 0) is 9.59 Å². The van der Waals surface area contributed by atoms with Gasteiger partial charge in [-0.2, -0.15) is 0 Å². The lowest BCUT2D eigenvalue weighted by molar-refractivity contribution is -0.137. The van der Waals surface area contributed by atoms with Crippen LogP contribution in [0.25, 0.3) is 10.4 Å². The monoisotopic (exact) mass is 171 g/mol. The Morgan fingerprint density at radius 1 is 1.67 bits per heavy atom. The van der Waals surface area contributed by atoms with Gasteiger partial charge in [0.25, 0.3) is 0 Å². The summed E-state index contributed by atoms with van der Waals surface area (Å²) in [4.78, 5) is 23.2. The van der Waals surface area contributed by atoms with Gasteiger partial charge in [-0.25, -0.2) is 0 Å². The van der Waals surface area contributed by atoms with Crippen LogP contribution in [0.4, 0.5) is 0 Å². The van der Waals surface area contributed by atoms with Gasteiger partial charge in [-0.1, -0.05) is 5.11 Å². The molecule has 0 fully saturated rings. The molecule has 0 saturated heterocycles. The summed E-state index contributed by atoms with van der Waals surface area (Å²) in [5.41, 5.74) is 8.01. The predicted octanol–water partition coefficient (Wildman–Crippen LogP) is 1.12. The smallest absolute Gasteiger partial charge is 0.303 e. The average Bonchev–Trinajstić information content (AvgIpc) is 1.96. The number of hydrogen-bond donors (Lipinski definition) is 1. The maximum Gasteiger partial charge on any atom is 0.303 e. The first-order valence-corrected chi connectivity index (χ1v) is 3.34. The number of azide groups is 1. The van der Waals surface area contributed by atoms with E-state index in [1.54, 1.807) is 0 Å². The first-order chi connectivity index (χ1) is 5.57. The Balaban J connectivity index is 4.05. The molecular formula is C6H9N3O3. The van der Waals surface area contributed by atoms with Crippen molar-refractivity contribution >= 4 is 11.8 Å². The molecule has 0 aliphatic rings. The Bertz CT molecular complexity index is 230. The minimum Gasteiger partial charge on any atom is -0.481 e. The fourth-order valence-corrected chi connectivity index (χ4v) is 0.665. The number of ketones is 1. The van der Waals surface area contributed by atoms with E-state index in [2.05, 4.69) is 10.0 Å². The first-order valence-electron chi connectivity index (χ1n) is 3.34.